The molecule has 1 fully saturated rings. The molecule has 1 aliphatic rings. The van der Waals surface area contributed by atoms with Crippen LogP contribution < -0.4 is 16.0 Å². The fraction of sp³-hybridized carbons (Fsp3) is 0.231. The first kappa shape index (κ1) is 24.9. The number of carbonyl (C=O) groups excluding carboxylic acids is 2. The molecule has 1 heterocycles. The van der Waals surface area contributed by atoms with Gasteiger partial charge < -0.3 is 16.0 Å². The van der Waals surface area contributed by atoms with E-state index in [1.165, 1.54) is 17.0 Å². The standard InChI is InChI=1S/C26H23Cl2F2N3O2/c27-21-12-20(32-24(34)10-15-1-6-19(31)7-2-15)13-22(28)26(21)33-14-16(3-8-25(33)35)9-17-4-5-18(29)11-23(17)30/h1-2,4-7,11-13,16H,3,8-10,14,31H2,(H,32,34). The maximum atomic E-state index is 14.1. The van der Waals surface area contributed by atoms with Crippen molar-refractivity contribution in [2.24, 2.45) is 5.92 Å². The van der Waals surface area contributed by atoms with Crippen LogP contribution in [0.5, 0.6) is 0 Å². The zero-order valence-corrected chi connectivity index (χ0v) is 20.2. The van der Waals surface area contributed by atoms with Crippen molar-refractivity contribution in [3.63, 3.8) is 0 Å². The lowest BCUT2D eigenvalue weighted by Gasteiger charge is -2.34. The number of nitrogens with one attached hydrogen (secondary N) is 1. The number of anilines is 3. The van der Waals surface area contributed by atoms with Gasteiger partial charge in [0.05, 0.1) is 22.2 Å². The molecule has 35 heavy (non-hydrogen) atoms. The number of hydrogen-bond donors (Lipinski definition) is 2. The van der Waals surface area contributed by atoms with Gasteiger partial charge in [0.1, 0.15) is 11.6 Å². The topological polar surface area (TPSA) is 75.4 Å². The number of benzene rings is 3. The van der Waals surface area contributed by atoms with E-state index in [-0.39, 0.29) is 47.2 Å². The molecule has 0 spiro atoms. The smallest absolute Gasteiger partial charge is 0.228 e. The molecule has 0 aromatic heterocycles. The van der Waals surface area contributed by atoms with Crippen molar-refractivity contribution in [2.75, 3.05) is 22.5 Å². The van der Waals surface area contributed by atoms with E-state index in [1.807, 2.05) is 0 Å². The first-order valence-corrected chi connectivity index (χ1v) is 11.8. The molecule has 1 aliphatic heterocycles. The molecule has 182 valence electrons. The maximum Gasteiger partial charge on any atom is 0.228 e. The summed E-state index contributed by atoms with van der Waals surface area (Å²) < 4.78 is 27.4. The van der Waals surface area contributed by atoms with Gasteiger partial charge in [0, 0.05) is 30.4 Å². The summed E-state index contributed by atoms with van der Waals surface area (Å²) in [5, 5.41) is 3.19. The van der Waals surface area contributed by atoms with Crippen molar-refractivity contribution in [3.05, 3.63) is 87.4 Å². The second-order valence-electron chi connectivity index (χ2n) is 8.60. The van der Waals surface area contributed by atoms with Gasteiger partial charge in [-0.2, -0.15) is 0 Å². The van der Waals surface area contributed by atoms with Gasteiger partial charge in [-0.05, 0) is 60.2 Å². The van der Waals surface area contributed by atoms with Gasteiger partial charge in [0.25, 0.3) is 0 Å². The number of carbonyl (C=O) groups is 2. The zero-order valence-electron chi connectivity index (χ0n) is 18.7. The third-order valence-corrected chi connectivity index (χ3v) is 6.52. The molecule has 1 saturated heterocycles. The number of amides is 2. The van der Waals surface area contributed by atoms with Crippen LogP contribution in [0.4, 0.5) is 25.8 Å². The van der Waals surface area contributed by atoms with Gasteiger partial charge in [-0.15, -0.1) is 0 Å². The Morgan fingerprint density at radius 2 is 1.74 bits per heavy atom. The summed E-state index contributed by atoms with van der Waals surface area (Å²) in [5.41, 5.74) is 8.22. The molecule has 0 bridgehead atoms. The van der Waals surface area contributed by atoms with Crippen LogP contribution in [0.3, 0.4) is 0 Å². The molecule has 3 aromatic rings. The Balaban J connectivity index is 1.47. The van der Waals surface area contributed by atoms with Crippen LogP contribution in [-0.2, 0) is 22.4 Å². The van der Waals surface area contributed by atoms with E-state index in [0.717, 1.165) is 11.6 Å². The Labute approximate surface area is 211 Å². The predicted octanol–water partition coefficient (Wildman–Crippen LogP) is 6.02. The van der Waals surface area contributed by atoms with Crippen molar-refractivity contribution >= 4 is 52.1 Å². The molecule has 0 saturated carbocycles. The molecule has 9 heteroatoms. The van der Waals surface area contributed by atoms with Crippen molar-refractivity contribution < 1.29 is 18.4 Å². The fourth-order valence-electron chi connectivity index (χ4n) is 4.22. The second kappa shape index (κ2) is 10.6. The van der Waals surface area contributed by atoms with Crippen LogP contribution in [-0.4, -0.2) is 18.4 Å². The first-order chi connectivity index (χ1) is 16.7. The highest BCUT2D eigenvalue weighted by atomic mass is 35.5. The second-order valence-corrected chi connectivity index (χ2v) is 9.42. The maximum absolute atomic E-state index is 14.1. The van der Waals surface area contributed by atoms with Crippen LogP contribution in [0.1, 0.15) is 24.0 Å². The molecular formula is C26H23Cl2F2N3O2. The quantitative estimate of drug-likeness (QED) is 0.392. The highest BCUT2D eigenvalue weighted by molar-refractivity contribution is 6.40. The van der Waals surface area contributed by atoms with Gasteiger partial charge >= 0.3 is 0 Å². The van der Waals surface area contributed by atoms with E-state index in [0.29, 0.717) is 35.5 Å². The average Bonchev–Trinajstić information content (AvgIpc) is 2.79. The fourth-order valence-corrected chi connectivity index (χ4v) is 4.91. The number of nitrogens with zero attached hydrogens (tertiary/aromatic N) is 1. The number of rotatable bonds is 6. The molecule has 3 aromatic carbocycles. The minimum absolute atomic E-state index is 0.0564. The third kappa shape index (κ3) is 6.10. The molecule has 0 aliphatic carbocycles. The largest absolute Gasteiger partial charge is 0.399 e. The van der Waals surface area contributed by atoms with Crippen LogP contribution in [0.25, 0.3) is 0 Å². The van der Waals surface area contributed by atoms with Crippen LogP contribution in [0.15, 0.2) is 54.6 Å². The van der Waals surface area contributed by atoms with Crippen LogP contribution in [0, 0.1) is 17.6 Å². The van der Waals surface area contributed by atoms with E-state index in [1.54, 1.807) is 36.4 Å². The summed E-state index contributed by atoms with van der Waals surface area (Å²) >= 11 is 13.0. The molecule has 2 amide bonds. The molecule has 3 N–H and O–H groups in total. The number of hydrogen-bond acceptors (Lipinski definition) is 3. The number of piperidine rings is 1. The monoisotopic (exact) mass is 517 g/mol. The van der Waals surface area contributed by atoms with E-state index in [2.05, 4.69) is 5.32 Å². The van der Waals surface area contributed by atoms with E-state index < -0.39 is 11.6 Å². The van der Waals surface area contributed by atoms with Gasteiger partial charge in [0.2, 0.25) is 11.8 Å². The van der Waals surface area contributed by atoms with Gasteiger partial charge in [-0.1, -0.05) is 41.4 Å². The zero-order chi connectivity index (χ0) is 25.1. The molecule has 4 rings (SSSR count). The van der Waals surface area contributed by atoms with E-state index in [9.17, 15) is 18.4 Å². The van der Waals surface area contributed by atoms with Gasteiger partial charge in [0.15, 0.2) is 0 Å². The van der Waals surface area contributed by atoms with Crippen molar-refractivity contribution in [2.45, 2.75) is 25.7 Å². The number of nitrogen functional groups attached to an aromatic ring is 1. The van der Waals surface area contributed by atoms with Crippen LogP contribution in [0.2, 0.25) is 10.0 Å². The van der Waals surface area contributed by atoms with Crippen LogP contribution >= 0.6 is 23.2 Å². The van der Waals surface area contributed by atoms with Gasteiger partial charge in [-0.3, -0.25) is 9.59 Å². The normalized spacial score (nSPS) is 15.8. The van der Waals surface area contributed by atoms with Crippen molar-refractivity contribution in [3.8, 4) is 0 Å². The first-order valence-electron chi connectivity index (χ1n) is 11.1. The minimum Gasteiger partial charge on any atom is -0.399 e. The molecule has 1 unspecified atom stereocenters. The molecule has 0 radical (unpaired) electrons. The molecule has 5 nitrogen and oxygen atoms in total. The van der Waals surface area contributed by atoms with Crippen molar-refractivity contribution in [1.82, 2.24) is 0 Å². The average molecular weight is 518 g/mol. The Kier molecular flexibility index (Phi) is 7.57. The highest BCUT2D eigenvalue weighted by Gasteiger charge is 2.30. The lowest BCUT2D eigenvalue weighted by molar-refractivity contribution is -0.120. The Morgan fingerprint density at radius 1 is 1.06 bits per heavy atom. The minimum atomic E-state index is -0.633. The highest BCUT2D eigenvalue weighted by Crippen LogP contribution is 2.39. The predicted molar refractivity (Wildman–Crippen MR) is 135 cm³/mol. The molecular weight excluding hydrogens is 495 g/mol. The SMILES string of the molecule is Nc1ccc(CC(=O)Nc2cc(Cl)c(N3CC(Cc4ccc(F)cc4F)CCC3=O)c(Cl)c2)cc1. The van der Waals surface area contributed by atoms with E-state index in [4.69, 9.17) is 28.9 Å². The number of nitrogens with two attached hydrogens (primary N) is 1. The summed E-state index contributed by atoms with van der Waals surface area (Å²) in [7, 11) is 0. The third-order valence-electron chi connectivity index (χ3n) is 5.95. The Hall–Kier alpha value is -3.16. The van der Waals surface area contributed by atoms with Gasteiger partial charge in [-0.25, -0.2) is 8.78 Å². The summed E-state index contributed by atoms with van der Waals surface area (Å²) in [6.07, 6.45) is 1.31. The Bertz CT molecular complexity index is 1240. The lowest BCUT2D eigenvalue weighted by atomic mass is 9.90. The lowest BCUT2D eigenvalue weighted by Crippen LogP contribution is -2.41. The summed E-state index contributed by atoms with van der Waals surface area (Å²) in [6, 6.07) is 13.6. The molecule has 1 atom stereocenters. The summed E-state index contributed by atoms with van der Waals surface area (Å²) in [5.74, 6) is -1.71. The summed E-state index contributed by atoms with van der Waals surface area (Å²) in [6.45, 7) is 0.290. The van der Waals surface area contributed by atoms with Crippen molar-refractivity contribution in [1.29, 1.82) is 0 Å². The van der Waals surface area contributed by atoms with E-state index >= 15 is 0 Å². The Morgan fingerprint density at radius 3 is 2.40 bits per heavy atom. The number of halogens is 4. The summed E-state index contributed by atoms with van der Waals surface area (Å²) in [4.78, 5) is 26.7.